The third-order valence-corrected chi connectivity index (χ3v) is 2.88. The van der Waals surface area contributed by atoms with E-state index in [2.05, 4.69) is 0 Å². The number of aliphatic carboxylic acids is 1. The summed E-state index contributed by atoms with van der Waals surface area (Å²) < 4.78 is 5.42. The van der Waals surface area contributed by atoms with Crippen molar-refractivity contribution in [1.29, 1.82) is 0 Å². The van der Waals surface area contributed by atoms with Gasteiger partial charge in [0.15, 0.2) is 6.10 Å². The molecular weight excluding hydrogens is 260 g/mol. The lowest BCUT2D eigenvalue weighted by Crippen LogP contribution is -2.18. The van der Waals surface area contributed by atoms with Gasteiger partial charge in [0.05, 0.1) is 0 Å². The maximum atomic E-state index is 12.0. The first-order chi connectivity index (χ1) is 9.51. The molecule has 2 N–H and O–H groups in total. The summed E-state index contributed by atoms with van der Waals surface area (Å²) in [7, 11) is 0. The average molecular weight is 280 g/mol. The fraction of sp³-hybridized carbons (Fsp3) is 0.467. The van der Waals surface area contributed by atoms with Crippen LogP contribution in [0.3, 0.4) is 0 Å². The van der Waals surface area contributed by atoms with Crippen molar-refractivity contribution in [2.45, 2.75) is 32.8 Å². The Morgan fingerprint density at radius 1 is 1.45 bits per heavy atom. The third-order valence-electron chi connectivity index (χ3n) is 2.88. The highest BCUT2D eigenvalue weighted by molar-refractivity contribution is 6.20. The number of carboxylic acid groups (broad SMARTS) is 1. The Morgan fingerprint density at radius 3 is 2.70 bits per heavy atom. The van der Waals surface area contributed by atoms with Crippen LogP contribution in [0.25, 0.3) is 0 Å². The number of rotatable bonds is 7. The molecule has 1 rings (SSSR count). The first-order valence-corrected chi connectivity index (χ1v) is 6.62. The molecule has 1 heterocycles. The van der Waals surface area contributed by atoms with Crippen molar-refractivity contribution in [3.05, 3.63) is 35.6 Å². The normalized spacial score (nSPS) is 20.9. The molecule has 20 heavy (non-hydrogen) atoms. The van der Waals surface area contributed by atoms with Crippen LogP contribution in [0.1, 0.15) is 26.7 Å². The van der Waals surface area contributed by atoms with Gasteiger partial charge in [0.2, 0.25) is 5.78 Å². The lowest BCUT2D eigenvalue weighted by molar-refractivity contribution is -0.134. The zero-order chi connectivity index (χ0) is 15.1. The molecule has 2 unspecified atom stereocenters. The Morgan fingerprint density at radius 2 is 2.15 bits per heavy atom. The Hall–Kier alpha value is -1.88. The molecule has 2 atom stereocenters. The summed E-state index contributed by atoms with van der Waals surface area (Å²) in [6, 6.07) is 0. The second kappa shape index (κ2) is 7.65. The molecule has 1 aliphatic rings. The minimum absolute atomic E-state index is 0.0896. The number of ether oxygens (including phenoxy) is 1. The average Bonchev–Trinajstić information content (AvgIpc) is 2.71. The van der Waals surface area contributed by atoms with E-state index in [4.69, 9.17) is 14.9 Å². The van der Waals surface area contributed by atoms with Crippen LogP contribution in [0, 0.1) is 5.92 Å². The summed E-state index contributed by atoms with van der Waals surface area (Å²) in [4.78, 5) is 23.1. The van der Waals surface area contributed by atoms with Gasteiger partial charge in [-0.05, 0) is 18.4 Å². The van der Waals surface area contributed by atoms with Crippen LogP contribution in [0.2, 0.25) is 0 Å². The first-order valence-electron chi connectivity index (χ1n) is 6.62. The lowest BCUT2D eigenvalue weighted by Gasteiger charge is -2.11. The Kier molecular flexibility index (Phi) is 6.18. The molecule has 1 aliphatic heterocycles. The monoisotopic (exact) mass is 280 g/mol. The van der Waals surface area contributed by atoms with Crippen LogP contribution in [0.15, 0.2) is 35.6 Å². The number of ketones is 1. The topological polar surface area (TPSA) is 83.8 Å². The number of carboxylic acids is 1. The highest BCUT2D eigenvalue weighted by Crippen LogP contribution is 2.28. The van der Waals surface area contributed by atoms with Gasteiger partial charge in [-0.3, -0.25) is 4.79 Å². The number of allylic oxidation sites excluding steroid dienone is 4. The molecule has 5 heteroatoms. The zero-order valence-electron chi connectivity index (χ0n) is 11.7. The van der Waals surface area contributed by atoms with E-state index in [0.29, 0.717) is 0 Å². The van der Waals surface area contributed by atoms with Gasteiger partial charge >= 0.3 is 5.97 Å². The third kappa shape index (κ3) is 4.06. The van der Waals surface area contributed by atoms with Crippen molar-refractivity contribution in [3.63, 3.8) is 0 Å². The minimum atomic E-state index is -1.28. The van der Waals surface area contributed by atoms with Crippen molar-refractivity contribution in [2.24, 2.45) is 5.92 Å². The van der Waals surface area contributed by atoms with E-state index in [9.17, 15) is 9.59 Å². The van der Waals surface area contributed by atoms with E-state index >= 15 is 0 Å². The van der Waals surface area contributed by atoms with Gasteiger partial charge in [0, 0.05) is 13.0 Å². The molecular formula is C15H20O5. The molecule has 0 aromatic rings. The largest absolute Gasteiger partial charge is 0.481 e. The van der Waals surface area contributed by atoms with Gasteiger partial charge in [-0.1, -0.05) is 32.1 Å². The molecule has 0 aromatic carbocycles. The van der Waals surface area contributed by atoms with Crippen LogP contribution >= 0.6 is 0 Å². The fourth-order valence-electron chi connectivity index (χ4n) is 1.81. The number of Topliss-reactive ketones (excluding diaryl/α,β-unsaturated/α-hetero) is 1. The van der Waals surface area contributed by atoms with Gasteiger partial charge in [-0.2, -0.15) is 0 Å². The molecule has 0 saturated heterocycles. The lowest BCUT2D eigenvalue weighted by atomic mass is 10.0. The number of aliphatic hydroxyl groups is 1. The summed E-state index contributed by atoms with van der Waals surface area (Å²) >= 11 is 0. The fourth-order valence-corrected chi connectivity index (χ4v) is 1.81. The number of aliphatic hydroxyl groups excluding tert-OH is 1. The van der Waals surface area contributed by atoms with E-state index in [1.165, 1.54) is 6.08 Å². The van der Waals surface area contributed by atoms with Gasteiger partial charge in [0.25, 0.3) is 0 Å². The van der Waals surface area contributed by atoms with Gasteiger partial charge in [-0.15, -0.1) is 0 Å². The second-order valence-electron chi connectivity index (χ2n) is 4.72. The van der Waals surface area contributed by atoms with Crippen LogP contribution < -0.4 is 0 Å². The van der Waals surface area contributed by atoms with Gasteiger partial charge in [-0.25, -0.2) is 4.79 Å². The molecule has 0 saturated carbocycles. The van der Waals surface area contributed by atoms with Crippen LogP contribution in [-0.2, 0) is 14.3 Å². The molecule has 110 valence electrons. The minimum Gasteiger partial charge on any atom is -0.481 e. The predicted octanol–water partition coefficient (Wildman–Crippen LogP) is 1.83. The Bertz CT molecular complexity index is 459. The molecule has 0 amide bonds. The van der Waals surface area contributed by atoms with Crippen molar-refractivity contribution < 1.29 is 24.5 Å². The van der Waals surface area contributed by atoms with Crippen molar-refractivity contribution in [3.8, 4) is 0 Å². The zero-order valence-corrected chi connectivity index (χ0v) is 11.7. The quantitative estimate of drug-likeness (QED) is 0.549. The highest BCUT2D eigenvalue weighted by Gasteiger charge is 2.37. The SMILES string of the molecule is CC/C=C/C=C/C1OC(CC(C)CO)=C(C(=O)O)C1=O. The number of carbonyl (C=O) groups is 2. The summed E-state index contributed by atoms with van der Waals surface area (Å²) in [5, 5.41) is 18.1. The molecule has 0 fully saturated rings. The Labute approximate surface area is 118 Å². The Balaban J connectivity index is 2.86. The van der Waals surface area contributed by atoms with E-state index in [0.717, 1.165) is 6.42 Å². The van der Waals surface area contributed by atoms with Crippen LogP contribution in [0.5, 0.6) is 0 Å². The summed E-state index contributed by atoms with van der Waals surface area (Å²) in [6.45, 7) is 3.65. The number of carbonyl (C=O) groups excluding carboxylic acids is 1. The smallest absolute Gasteiger partial charge is 0.342 e. The molecule has 0 bridgehead atoms. The van der Waals surface area contributed by atoms with Crippen molar-refractivity contribution >= 4 is 11.8 Å². The summed E-state index contributed by atoms with van der Waals surface area (Å²) in [5.74, 6) is -1.83. The van der Waals surface area contributed by atoms with Crippen LogP contribution in [0.4, 0.5) is 0 Å². The van der Waals surface area contributed by atoms with Crippen LogP contribution in [-0.4, -0.2) is 34.7 Å². The van der Waals surface area contributed by atoms with E-state index < -0.39 is 17.9 Å². The van der Waals surface area contributed by atoms with Gasteiger partial charge < -0.3 is 14.9 Å². The molecule has 0 radical (unpaired) electrons. The van der Waals surface area contributed by atoms with E-state index in [1.54, 1.807) is 19.1 Å². The molecule has 0 spiro atoms. The molecule has 0 aromatic heterocycles. The summed E-state index contributed by atoms with van der Waals surface area (Å²) in [6.07, 6.45) is 7.13. The number of hydrogen-bond acceptors (Lipinski definition) is 4. The van der Waals surface area contributed by atoms with Gasteiger partial charge in [0.1, 0.15) is 11.3 Å². The standard InChI is InChI=1S/C15H20O5/c1-3-4-5-6-7-11-14(17)13(15(18)19)12(20-11)8-10(2)9-16/h4-7,10-11,16H,3,8-9H2,1-2H3,(H,18,19)/b5-4+,7-6+. The first kappa shape index (κ1) is 16.2. The predicted molar refractivity (Wildman–Crippen MR) is 74.0 cm³/mol. The maximum absolute atomic E-state index is 12.0. The van der Waals surface area contributed by atoms with Crippen molar-refractivity contribution in [1.82, 2.24) is 0 Å². The number of hydrogen-bond donors (Lipinski definition) is 2. The second-order valence-corrected chi connectivity index (χ2v) is 4.72. The molecule has 0 aliphatic carbocycles. The summed E-state index contributed by atoms with van der Waals surface area (Å²) in [5.41, 5.74) is -0.306. The van der Waals surface area contributed by atoms with E-state index in [1.807, 2.05) is 13.0 Å². The maximum Gasteiger partial charge on any atom is 0.342 e. The highest BCUT2D eigenvalue weighted by atomic mass is 16.5. The van der Waals surface area contributed by atoms with E-state index in [-0.39, 0.29) is 30.3 Å². The van der Waals surface area contributed by atoms with Crippen molar-refractivity contribution in [2.75, 3.05) is 6.61 Å². The molecule has 5 nitrogen and oxygen atoms in total.